The number of piperidine rings is 1. The first kappa shape index (κ1) is 17.2. The van der Waals surface area contributed by atoms with Crippen molar-refractivity contribution in [3.63, 3.8) is 0 Å². The number of aromatic nitrogens is 2. The molecule has 0 bridgehead atoms. The molecular formula is C18H24BrN5. The van der Waals surface area contributed by atoms with Crippen LogP contribution >= 0.6 is 15.9 Å². The molecule has 1 aliphatic heterocycles. The van der Waals surface area contributed by atoms with E-state index in [0.717, 1.165) is 31.3 Å². The van der Waals surface area contributed by atoms with Crippen molar-refractivity contribution in [2.75, 3.05) is 37.4 Å². The highest BCUT2D eigenvalue weighted by Crippen LogP contribution is 2.22. The Kier molecular flexibility index (Phi) is 5.68. The molecule has 2 heterocycles. The summed E-state index contributed by atoms with van der Waals surface area (Å²) in [5.41, 5.74) is 1.34. The van der Waals surface area contributed by atoms with Crippen LogP contribution in [0.25, 0.3) is 0 Å². The summed E-state index contributed by atoms with van der Waals surface area (Å²) in [4.78, 5) is 13.1. The van der Waals surface area contributed by atoms with Crippen molar-refractivity contribution >= 4 is 27.6 Å². The standard InChI is InChI=1S/C18H24BrN5/c1-23(2)18-10-17(20-13-21-18)22-15-7-5-9-24(12-15)11-14-6-3-4-8-16(14)19/h3-4,6,8,10,13,15H,5,7,9,11-12H2,1-2H3,(H,20,21,22). The molecule has 2 aromatic rings. The van der Waals surface area contributed by atoms with E-state index >= 15 is 0 Å². The SMILES string of the molecule is CN(C)c1cc(NC2CCCN(Cc3ccccc3Br)C2)ncn1. The molecule has 1 saturated heterocycles. The van der Waals surface area contributed by atoms with Crippen molar-refractivity contribution in [2.45, 2.75) is 25.4 Å². The average molecular weight is 390 g/mol. The minimum atomic E-state index is 0.422. The lowest BCUT2D eigenvalue weighted by molar-refractivity contribution is 0.208. The van der Waals surface area contributed by atoms with Gasteiger partial charge >= 0.3 is 0 Å². The fourth-order valence-electron chi connectivity index (χ4n) is 3.06. The van der Waals surface area contributed by atoms with E-state index in [1.54, 1.807) is 6.33 Å². The van der Waals surface area contributed by atoms with Crippen LogP contribution in [0.4, 0.5) is 11.6 Å². The summed E-state index contributed by atoms with van der Waals surface area (Å²) in [6.45, 7) is 3.15. The third-order valence-corrected chi connectivity index (χ3v) is 5.09. The molecule has 24 heavy (non-hydrogen) atoms. The van der Waals surface area contributed by atoms with Crippen LogP contribution in [-0.2, 0) is 6.54 Å². The Morgan fingerprint density at radius 3 is 2.92 bits per heavy atom. The van der Waals surface area contributed by atoms with E-state index in [0.29, 0.717) is 6.04 Å². The average Bonchev–Trinajstić information content (AvgIpc) is 2.57. The normalized spacial score (nSPS) is 18.4. The molecular weight excluding hydrogens is 366 g/mol. The first-order valence-corrected chi connectivity index (χ1v) is 9.13. The Labute approximate surface area is 152 Å². The monoisotopic (exact) mass is 389 g/mol. The van der Waals surface area contributed by atoms with Crippen LogP contribution in [0, 0.1) is 0 Å². The highest BCUT2D eigenvalue weighted by atomic mass is 79.9. The number of nitrogens with zero attached hydrogens (tertiary/aromatic N) is 4. The lowest BCUT2D eigenvalue weighted by atomic mass is 10.0. The Morgan fingerprint density at radius 1 is 1.29 bits per heavy atom. The second-order valence-electron chi connectivity index (χ2n) is 6.47. The van der Waals surface area contributed by atoms with Gasteiger partial charge in [-0.05, 0) is 31.0 Å². The van der Waals surface area contributed by atoms with Crippen molar-refractivity contribution in [2.24, 2.45) is 0 Å². The van der Waals surface area contributed by atoms with Crippen LogP contribution in [0.3, 0.4) is 0 Å². The van der Waals surface area contributed by atoms with Crippen LogP contribution in [0.15, 0.2) is 41.1 Å². The van der Waals surface area contributed by atoms with Gasteiger partial charge in [0.15, 0.2) is 0 Å². The van der Waals surface area contributed by atoms with Gasteiger partial charge in [-0.15, -0.1) is 0 Å². The number of hydrogen-bond acceptors (Lipinski definition) is 5. The maximum absolute atomic E-state index is 4.36. The third kappa shape index (κ3) is 4.45. The first-order valence-electron chi connectivity index (χ1n) is 8.33. The van der Waals surface area contributed by atoms with Crippen LogP contribution in [0.1, 0.15) is 18.4 Å². The van der Waals surface area contributed by atoms with E-state index in [1.807, 2.05) is 25.1 Å². The minimum Gasteiger partial charge on any atom is -0.366 e. The summed E-state index contributed by atoms with van der Waals surface area (Å²) in [6.07, 6.45) is 4.00. The Hall–Kier alpha value is -1.66. The zero-order valence-electron chi connectivity index (χ0n) is 14.2. The molecule has 1 aromatic heterocycles. The molecule has 1 N–H and O–H groups in total. The first-order chi connectivity index (χ1) is 11.6. The van der Waals surface area contributed by atoms with Crippen molar-refractivity contribution in [3.05, 3.63) is 46.7 Å². The number of benzene rings is 1. The predicted molar refractivity (Wildman–Crippen MR) is 102 cm³/mol. The fourth-order valence-corrected chi connectivity index (χ4v) is 3.47. The summed E-state index contributed by atoms with van der Waals surface area (Å²) in [6, 6.07) is 10.9. The molecule has 1 atom stereocenters. The van der Waals surface area contributed by atoms with Crippen LogP contribution in [0.5, 0.6) is 0 Å². The van der Waals surface area contributed by atoms with Crippen LogP contribution < -0.4 is 10.2 Å². The molecule has 1 fully saturated rings. The Morgan fingerprint density at radius 2 is 2.12 bits per heavy atom. The lowest BCUT2D eigenvalue weighted by Gasteiger charge is -2.33. The third-order valence-electron chi connectivity index (χ3n) is 4.32. The Balaban J connectivity index is 1.61. The summed E-state index contributed by atoms with van der Waals surface area (Å²) in [5.74, 6) is 1.83. The van der Waals surface area contributed by atoms with Gasteiger partial charge in [0.25, 0.3) is 0 Å². The largest absolute Gasteiger partial charge is 0.366 e. The van der Waals surface area contributed by atoms with E-state index < -0.39 is 0 Å². The van der Waals surface area contributed by atoms with Gasteiger partial charge in [-0.2, -0.15) is 0 Å². The number of halogens is 1. The van der Waals surface area contributed by atoms with E-state index in [-0.39, 0.29) is 0 Å². The summed E-state index contributed by atoms with van der Waals surface area (Å²) < 4.78 is 1.19. The van der Waals surface area contributed by atoms with Gasteiger partial charge in [-0.1, -0.05) is 34.1 Å². The number of likely N-dealkylation sites (tertiary alicyclic amines) is 1. The summed E-state index contributed by atoms with van der Waals surface area (Å²) in [7, 11) is 3.98. The zero-order chi connectivity index (χ0) is 16.9. The highest BCUT2D eigenvalue weighted by Gasteiger charge is 2.20. The van der Waals surface area contributed by atoms with E-state index in [1.165, 1.54) is 22.9 Å². The van der Waals surface area contributed by atoms with Crippen LogP contribution in [-0.4, -0.2) is 48.1 Å². The number of anilines is 2. The van der Waals surface area contributed by atoms with Crippen molar-refractivity contribution in [3.8, 4) is 0 Å². The molecule has 0 amide bonds. The van der Waals surface area contributed by atoms with E-state index in [4.69, 9.17) is 0 Å². The lowest BCUT2D eigenvalue weighted by Crippen LogP contribution is -2.41. The molecule has 1 unspecified atom stereocenters. The second-order valence-corrected chi connectivity index (χ2v) is 7.32. The van der Waals surface area contributed by atoms with E-state index in [9.17, 15) is 0 Å². The minimum absolute atomic E-state index is 0.422. The molecule has 5 nitrogen and oxygen atoms in total. The highest BCUT2D eigenvalue weighted by molar-refractivity contribution is 9.10. The molecule has 3 rings (SSSR count). The van der Waals surface area contributed by atoms with Crippen molar-refractivity contribution < 1.29 is 0 Å². The maximum atomic E-state index is 4.36. The topological polar surface area (TPSA) is 44.3 Å². The quantitative estimate of drug-likeness (QED) is 0.848. The van der Waals surface area contributed by atoms with Crippen LogP contribution in [0.2, 0.25) is 0 Å². The smallest absolute Gasteiger partial charge is 0.133 e. The van der Waals surface area contributed by atoms with Gasteiger partial charge in [0.1, 0.15) is 18.0 Å². The summed E-state index contributed by atoms with van der Waals surface area (Å²) in [5, 5.41) is 3.58. The van der Waals surface area contributed by atoms with Gasteiger partial charge in [0.05, 0.1) is 0 Å². The predicted octanol–water partition coefficient (Wildman–Crippen LogP) is 3.38. The van der Waals surface area contributed by atoms with E-state index in [2.05, 4.69) is 60.4 Å². The van der Waals surface area contributed by atoms with Gasteiger partial charge in [0, 0.05) is 43.8 Å². The van der Waals surface area contributed by atoms with Gasteiger partial charge in [0.2, 0.25) is 0 Å². The molecule has 0 radical (unpaired) electrons. The molecule has 1 aromatic carbocycles. The van der Waals surface area contributed by atoms with Gasteiger partial charge in [-0.3, -0.25) is 4.90 Å². The molecule has 128 valence electrons. The number of nitrogens with one attached hydrogen (secondary N) is 1. The van der Waals surface area contributed by atoms with Gasteiger partial charge < -0.3 is 10.2 Å². The maximum Gasteiger partial charge on any atom is 0.133 e. The molecule has 1 aliphatic rings. The van der Waals surface area contributed by atoms with Gasteiger partial charge in [-0.25, -0.2) is 9.97 Å². The molecule has 0 aliphatic carbocycles. The van der Waals surface area contributed by atoms with Crippen molar-refractivity contribution in [1.29, 1.82) is 0 Å². The number of rotatable bonds is 5. The second kappa shape index (κ2) is 7.94. The molecule has 6 heteroatoms. The molecule has 0 saturated carbocycles. The van der Waals surface area contributed by atoms with Crippen molar-refractivity contribution in [1.82, 2.24) is 14.9 Å². The number of hydrogen-bond donors (Lipinski definition) is 1. The fraction of sp³-hybridized carbons (Fsp3) is 0.444. The Bertz CT molecular complexity index is 676. The zero-order valence-corrected chi connectivity index (χ0v) is 15.8. The molecule has 0 spiro atoms. The summed E-state index contributed by atoms with van der Waals surface area (Å²) >= 11 is 3.65.